The maximum absolute atomic E-state index is 13.4. The lowest BCUT2D eigenvalue weighted by atomic mass is 10.1. The van der Waals surface area contributed by atoms with Gasteiger partial charge in [-0.15, -0.1) is 0 Å². The Kier molecular flexibility index (Phi) is 5.28. The number of nitriles is 1. The van der Waals surface area contributed by atoms with Gasteiger partial charge in [-0.3, -0.25) is 4.79 Å². The summed E-state index contributed by atoms with van der Waals surface area (Å²) in [6.07, 6.45) is 0. The zero-order valence-electron chi connectivity index (χ0n) is 10.5. The molecule has 0 saturated carbocycles. The molecular formula is C13H16FN3O. The third kappa shape index (κ3) is 4.15. The number of aryl methyl sites for hydroxylation is 2. The van der Waals surface area contributed by atoms with Crippen molar-refractivity contribution in [3.63, 3.8) is 0 Å². The topological polar surface area (TPSA) is 64.9 Å². The summed E-state index contributed by atoms with van der Waals surface area (Å²) in [5, 5.41) is 13.7. The number of benzene rings is 1. The number of carbonyl (C=O) groups is 1. The average Bonchev–Trinajstić information content (AvgIpc) is 2.33. The van der Waals surface area contributed by atoms with Crippen LogP contribution in [0.5, 0.6) is 0 Å². The summed E-state index contributed by atoms with van der Waals surface area (Å²) >= 11 is 0. The Hall–Kier alpha value is -1.93. The maximum Gasteiger partial charge on any atom is 0.234 e. The van der Waals surface area contributed by atoms with Crippen LogP contribution in [0.4, 0.5) is 4.39 Å². The molecule has 4 nitrogen and oxygen atoms in total. The number of amides is 1. The molecule has 96 valence electrons. The Bertz CT molecular complexity index is 457. The molecule has 5 heteroatoms. The van der Waals surface area contributed by atoms with Gasteiger partial charge in [-0.1, -0.05) is 12.1 Å². The number of nitrogens with zero attached hydrogens (tertiary/aromatic N) is 1. The van der Waals surface area contributed by atoms with Gasteiger partial charge in [0.2, 0.25) is 5.91 Å². The zero-order chi connectivity index (χ0) is 13.5. The largest absolute Gasteiger partial charge is 0.342 e. The van der Waals surface area contributed by atoms with E-state index in [9.17, 15) is 9.18 Å². The molecule has 0 heterocycles. The van der Waals surface area contributed by atoms with Crippen LogP contribution in [-0.4, -0.2) is 19.0 Å². The number of rotatable bonds is 5. The number of nitrogens with one attached hydrogen (secondary N) is 2. The first-order chi connectivity index (χ1) is 8.54. The van der Waals surface area contributed by atoms with Crippen LogP contribution in [0.15, 0.2) is 12.1 Å². The fourth-order valence-corrected chi connectivity index (χ4v) is 1.66. The summed E-state index contributed by atoms with van der Waals surface area (Å²) in [5.41, 5.74) is 2.13. The molecule has 0 unspecified atom stereocenters. The standard InChI is InChI=1S/C13H16FN3O/c1-9-5-11(6-10(2)13(9)14)7-16-8-12(18)17-4-3-15/h5-6,16H,4,7-8H2,1-2H3,(H,17,18). The van der Waals surface area contributed by atoms with E-state index in [-0.39, 0.29) is 24.8 Å². The lowest BCUT2D eigenvalue weighted by Gasteiger charge is -2.08. The first kappa shape index (κ1) is 14.1. The summed E-state index contributed by atoms with van der Waals surface area (Å²) in [4.78, 5) is 11.2. The van der Waals surface area contributed by atoms with E-state index in [0.717, 1.165) is 5.56 Å². The molecule has 1 aromatic rings. The summed E-state index contributed by atoms with van der Waals surface area (Å²) in [6.45, 7) is 4.06. The molecule has 0 bridgehead atoms. The third-order valence-corrected chi connectivity index (χ3v) is 2.48. The predicted octanol–water partition coefficient (Wildman–Crippen LogP) is 1.17. The number of hydrogen-bond donors (Lipinski definition) is 2. The molecule has 0 aliphatic carbocycles. The van der Waals surface area contributed by atoms with Gasteiger partial charge in [0.25, 0.3) is 0 Å². The van der Waals surface area contributed by atoms with Crippen molar-refractivity contribution in [3.8, 4) is 6.07 Å². The molecule has 1 aromatic carbocycles. The highest BCUT2D eigenvalue weighted by Crippen LogP contribution is 2.14. The predicted molar refractivity (Wildman–Crippen MR) is 66.2 cm³/mol. The molecule has 18 heavy (non-hydrogen) atoms. The molecule has 1 rings (SSSR count). The van der Waals surface area contributed by atoms with Crippen molar-refractivity contribution in [2.75, 3.05) is 13.1 Å². The van der Waals surface area contributed by atoms with E-state index in [4.69, 9.17) is 5.26 Å². The van der Waals surface area contributed by atoms with Crippen molar-refractivity contribution in [3.05, 3.63) is 34.6 Å². The zero-order valence-corrected chi connectivity index (χ0v) is 10.5. The minimum Gasteiger partial charge on any atom is -0.342 e. The van der Waals surface area contributed by atoms with Gasteiger partial charge in [0.05, 0.1) is 12.6 Å². The van der Waals surface area contributed by atoms with E-state index < -0.39 is 0 Å². The molecule has 0 fully saturated rings. The van der Waals surface area contributed by atoms with Crippen LogP contribution >= 0.6 is 0 Å². The lowest BCUT2D eigenvalue weighted by molar-refractivity contribution is -0.120. The lowest BCUT2D eigenvalue weighted by Crippen LogP contribution is -2.33. The minimum atomic E-state index is -0.230. The first-order valence-corrected chi connectivity index (χ1v) is 5.64. The van der Waals surface area contributed by atoms with E-state index >= 15 is 0 Å². The van der Waals surface area contributed by atoms with Gasteiger partial charge >= 0.3 is 0 Å². The molecule has 0 spiro atoms. The van der Waals surface area contributed by atoms with Crippen LogP contribution in [-0.2, 0) is 11.3 Å². The second kappa shape index (κ2) is 6.72. The molecule has 0 saturated heterocycles. The highest BCUT2D eigenvalue weighted by molar-refractivity contribution is 5.78. The molecule has 0 atom stereocenters. The number of carbonyl (C=O) groups excluding carboxylic acids is 1. The van der Waals surface area contributed by atoms with E-state index in [0.29, 0.717) is 17.7 Å². The molecule has 1 amide bonds. The van der Waals surface area contributed by atoms with Crippen LogP contribution in [0.1, 0.15) is 16.7 Å². The molecule has 0 aliphatic rings. The van der Waals surface area contributed by atoms with E-state index in [1.54, 1.807) is 26.0 Å². The Morgan fingerprint density at radius 1 is 1.39 bits per heavy atom. The molecule has 0 aliphatic heterocycles. The summed E-state index contributed by atoms with van der Waals surface area (Å²) in [7, 11) is 0. The van der Waals surface area contributed by atoms with Crippen LogP contribution in [0.3, 0.4) is 0 Å². The third-order valence-electron chi connectivity index (χ3n) is 2.48. The van der Waals surface area contributed by atoms with E-state index in [1.807, 2.05) is 6.07 Å². The summed E-state index contributed by atoms with van der Waals surface area (Å²) in [6, 6.07) is 5.33. The van der Waals surface area contributed by atoms with Crippen molar-refractivity contribution in [1.29, 1.82) is 5.26 Å². The molecule has 0 radical (unpaired) electrons. The second-order valence-electron chi connectivity index (χ2n) is 4.08. The fourth-order valence-electron chi connectivity index (χ4n) is 1.66. The Morgan fingerprint density at radius 2 is 2.00 bits per heavy atom. The molecular weight excluding hydrogens is 233 g/mol. The van der Waals surface area contributed by atoms with Gasteiger partial charge in [0.15, 0.2) is 0 Å². The van der Waals surface area contributed by atoms with Gasteiger partial charge in [-0.25, -0.2) is 4.39 Å². The van der Waals surface area contributed by atoms with Crippen molar-refractivity contribution >= 4 is 5.91 Å². The average molecular weight is 249 g/mol. The highest BCUT2D eigenvalue weighted by Gasteiger charge is 2.05. The molecule has 2 N–H and O–H groups in total. The fraction of sp³-hybridized carbons (Fsp3) is 0.385. The van der Waals surface area contributed by atoms with Gasteiger partial charge in [-0.2, -0.15) is 5.26 Å². The van der Waals surface area contributed by atoms with Crippen LogP contribution < -0.4 is 10.6 Å². The minimum absolute atomic E-state index is 0.00920. The normalized spacial score (nSPS) is 9.89. The van der Waals surface area contributed by atoms with E-state index in [1.165, 1.54) is 0 Å². The maximum atomic E-state index is 13.4. The molecule has 0 aromatic heterocycles. The van der Waals surface area contributed by atoms with Gasteiger partial charge in [0.1, 0.15) is 12.4 Å². The monoisotopic (exact) mass is 249 g/mol. The Labute approximate surface area is 106 Å². The second-order valence-corrected chi connectivity index (χ2v) is 4.08. The summed E-state index contributed by atoms with van der Waals surface area (Å²) in [5.74, 6) is -0.419. The van der Waals surface area contributed by atoms with Gasteiger partial charge in [-0.05, 0) is 30.5 Å². The van der Waals surface area contributed by atoms with Gasteiger partial charge in [0, 0.05) is 6.54 Å². The van der Waals surface area contributed by atoms with Crippen molar-refractivity contribution < 1.29 is 9.18 Å². The quantitative estimate of drug-likeness (QED) is 0.770. The number of halogens is 1. The van der Waals surface area contributed by atoms with E-state index in [2.05, 4.69) is 10.6 Å². The van der Waals surface area contributed by atoms with Crippen molar-refractivity contribution in [1.82, 2.24) is 10.6 Å². The van der Waals surface area contributed by atoms with Crippen LogP contribution in [0, 0.1) is 31.0 Å². The Morgan fingerprint density at radius 3 is 2.56 bits per heavy atom. The van der Waals surface area contributed by atoms with Crippen molar-refractivity contribution in [2.45, 2.75) is 20.4 Å². The van der Waals surface area contributed by atoms with Crippen molar-refractivity contribution in [2.24, 2.45) is 0 Å². The SMILES string of the molecule is Cc1cc(CNCC(=O)NCC#N)cc(C)c1F. The van der Waals surface area contributed by atoms with Crippen LogP contribution in [0.2, 0.25) is 0 Å². The first-order valence-electron chi connectivity index (χ1n) is 5.64. The summed E-state index contributed by atoms with van der Waals surface area (Å²) < 4.78 is 13.4. The van der Waals surface area contributed by atoms with Crippen LogP contribution in [0.25, 0.3) is 0 Å². The highest BCUT2D eigenvalue weighted by atomic mass is 19.1. The number of hydrogen-bond acceptors (Lipinski definition) is 3. The van der Waals surface area contributed by atoms with Gasteiger partial charge < -0.3 is 10.6 Å². The smallest absolute Gasteiger partial charge is 0.234 e. The Balaban J connectivity index is 2.45.